The zero-order valence-corrected chi connectivity index (χ0v) is 15.5. The Kier molecular flexibility index (Phi) is 3.61. The van der Waals surface area contributed by atoms with Gasteiger partial charge in [-0.1, -0.05) is 6.07 Å². The van der Waals surface area contributed by atoms with Crippen molar-refractivity contribution in [1.82, 2.24) is 24.6 Å². The smallest absolute Gasteiger partial charge is 0.188 e. The van der Waals surface area contributed by atoms with E-state index in [2.05, 4.69) is 20.2 Å². The summed E-state index contributed by atoms with van der Waals surface area (Å²) >= 11 is 1.29. The Balaban J connectivity index is 1.43. The number of fused-ring (bicyclic) bond motifs is 3. The summed E-state index contributed by atoms with van der Waals surface area (Å²) in [7, 11) is -3.20. The number of hydrogen-bond donors (Lipinski definition) is 1. The Labute approximate surface area is 154 Å². The zero-order chi connectivity index (χ0) is 17.7. The lowest BCUT2D eigenvalue weighted by molar-refractivity contribution is 0.551. The molecule has 5 rings (SSSR count). The number of sulfone groups is 1. The minimum atomic E-state index is -3.20. The maximum Gasteiger partial charge on any atom is 0.188 e. The summed E-state index contributed by atoms with van der Waals surface area (Å²) in [5, 5.41) is 10.5. The van der Waals surface area contributed by atoms with Crippen LogP contribution in [0.4, 0.5) is 0 Å². The molecule has 4 aromatic rings. The monoisotopic (exact) mass is 387 g/mol. The SMILES string of the molecule is O=S(=O)(C[C@H]1CC[C@@H](c2nnc3cnc4[nH]ccc4n23)C1)c1cccs1. The summed E-state index contributed by atoms with van der Waals surface area (Å²) < 4.78 is 27.6. The number of nitrogens with one attached hydrogen (secondary N) is 1. The third kappa shape index (κ3) is 2.53. The van der Waals surface area contributed by atoms with Gasteiger partial charge in [-0.3, -0.25) is 4.40 Å². The summed E-state index contributed by atoms with van der Waals surface area (Å²) in [5.74, 6) is 1.49. The van der Waals surface area contributed by atoms with Crippen molar-refractivity contribution >= 4 is 38.0 Å². The summed E-state index contributed by atoms with van der Waals surface area (Å²) in [6, 6.07) is 5.44. The molecule has 4 aromatic heterocycles. The van der Waals surface area contributed by atoms with E-state index >= 15 is 0 Å². The quantitative estimate of drug-likeness (QED) is 0.581. The molecule has 1 saturated carbocycles. The number of aromatic nitrogens is 5. The fourth-order valence-corrected chi connectivity index (χ4v) is 6.74. The number of nitrogens with zero attached hydrogens (tertiary/aromatic N) is 4. The molecule has 9 heteroatoms. The highest BCUT2D eigenvalue weighted by molar-refractivity contribution is 7.93. The number of thiophene rings is 1. The molecule has 0 amide bonds. The number of rotatable bonds is 4. The average molecular weight is 387 g/mol. The Hall–Kier alpha value is -2.26. The lowest BCUT2D eigenvalue weighted by Gasteiger charge is -2.11. The number of aromatic amines is 1. The second-order valence-electron chi connectivity index (χ2n) is 6.81. The first-order chi connectivity index (χ1) is 12.6. The maximum atomic E-state index is 12.6. The van der Waals surface area contributed by atoms with Crippen LogP contribution in [0.15, 0.2) is 40.2 Å². The van der Waals surface area contributed by atoms with Gasteiger partial charge in [0, 0.05) is 12.1 Å². The maximum absolute atomic E-state index is 12.6. The van der Waals surface area contributed by atoms with Gasteiger partial charge in [0.25, 0.3) is 0 Å². The Morgan fingerprint density at radius 1 is 1.27 bits per heavy atom. The summed E-state index contributed by atoms with van der Waals surface area (Å²) in [5.41, 5.74) is 2.48. The first kappa shape index (κ1) is 16.0. The third-order valence-corrected chi connectivity index (χ3v) is 8.50. The van der Waals surface area contributed by atoms with Crippen molar-refractivity contribution in [3.05, 3.63) is 41.8 Å². The van der Waals surface area contributed by atoms with Gasteiger partial charge in [0.1, 0.15) is 10.0 Å². The molecule has 1 fully saturated rings. The minimum Gasteiger partial charge on any atom is -0.345 e. The van der Waals surface area contributed by atoms with Gasteiger partial charge in [0.05, 0.1) is 17.5 Å². The molecule has 0 aliphatic heterocycles. The van der Waals surface area contributed by atoms with Crippen molar-refractivity contribution in [2.75, 3.05) is 5.75 Å². The van der Waals surface area contributed by atoms with Gasteiger partial charge in [-0.2, -0.15) is 0 Å². The van der Waals surface area contributed by atoms with E-state index in [4.69, 9.17) is 0 Å². The lowest BCUT2D eigenvalue weighted by atomic mass is 10.1. The fraction of sp³-hybridized carbons (Fsp3) is 0.353. The number of hydrogen-bond acceptors (Lipinski definition) is 6. The van der Waals surface area contributed by atoms with E-state index in [9.17, 15) is 8.42 Å². The topological polar surface area (TPSA) is 93.0 Å². The second-order valence-corrected chi connectivity index (χ2v) is 10.0. The molecular formula is C17H17N5O2S2. The molecule has 26 heavy (non-hydrogen) atoms. The molecular weight excluding hydrogens is 370 g/mol. The Morgan fingerprint density at radius 3 is 3.04 bits per heavy atom. The van der Waals surface area contributed by atoms with E-state index in [0.29, 0.717) is 4.21 Å². The molecule has 0 saturated heterocycles. The highest BCUT2D eigenvalue weighted by atomic mass is 32.2. The van der Waals surface area contributed by atoms with Crippen LogP contribution >= 0.6 is 11.3 Å². The van der Waals surface area contributed by atoms with Crippen LogP contribution in [0, 0.1) is 5.92 Å². The molecule has 134 valence electrons. The largest absolute Gasteiger partial charge is 0.345 e. The molecule has 7 nitrogen and oxygen atoms in total. The van der Waals surface area contributed by atoms with E-state index in [1.165, 1.54) is 11.3 Å². The fourth-order valence-electron chi connectivity index (χ4n) is 3.96. The summed E-state index contributed by atoms with van der Waals surface area (Å²) in [4.78, 5) is 7.45. The minimum absolute atomic E-state index is 0.156. The molecule has 0 bridgehead atoms. The first-order valence-corrected chi connectivity index (χ1v) is 11.1. The van der Waals surface area contributed by atoms with Crippen LogP contribution in [0.1, 0.15) is 31.0 Å². The van der Waals surface area contributed by atoms with E-state index in [1.807, 2.05) is 22.0 Å². The number of H-pyrrole nitrogens is 1. The van der Waals surface area contributed by atoms with Crippen molar-refractivity contribution in [3.8, 4) is 0 Å². The van der Waals surface area contributed by atoms with Crippen LogP contribution < -0.4 is 0 Å². The predicted molar refractivity (Wildman–Crippen MR) is 99.1 cm³/mol. The van der Waals surface area contributed by atoms with E-state index < -0.39 is 9.84 Å². The third-order valence-electron chi connectivity index (χ3n) is 5.13. The van der Waals surface area contributed by atoms with E-state index in [0.717, 1.165) is 41.9 Å². The lowest BCUT2D eigenvalue weighted by Crippen LogP contribution is -2.13. The second kappa shape index (κ2) is 5.88. The van der Waals surface area contributed by atoms with Gasteiger partial charge < -0.3 is 4.98 Å². The first-order valence-electron chi connectivity index (χ1n) is 8.55. The van der Waals surface area contributed by atoms with Crippen LogP contribution in [-0.4, -0.2) is 38.7 Å². The van der Waals surface area contributed by atoms with Crippen molar-refractivity contribution in [1.29, 1.82) is 0 Å². The van der Waals surface area contributed by atoms with Gasteiger partial charge in [0.15, 0.2) is 21.1 Å². The van der Waals surface area contributed by atoms with Crippen LogP contribution in [0.25, 0.3) is 16.8 Å². The van der Waals surface area contributed by atoms with Crippen molar-refractivity contribution in [2.24, 2.45) is 5.92 Å². The average Bonchev–Trinajstić information content (AvgIpc) is 3.38. The molecule has 0 aromatic carbocycles. The van der Waals surface area contributed by atoms with Crippen molar-refractivity contribution in [2.45, 2.75) is 29.4 Å². The molecule has 0 radical (unpaired) electrons. The van der Waals surface area contributed by atoms with Gasteiger partial charge in [0.2, 0.25) is 0 Å². The molecule has 0 spiro atoms. The van der Waals surface area contributed by atoms with Gasteiger partial charge >= 0.3 is 0 Å². The van der Waals surface area contributed by atoms with Crippen LogP contribution in [0.5, 0.6) is 0 Å². The van der Waals surface area contributed by atoms with Gasteiger partial charge in [-0.15, -0.1) is 21.5 Å². The normalized spacial score (nSPS) is 21.1. The Bertz CT molecular complexity index is 1180. The Morgan fingerprint density at radius 2 is 2.19 bits per heavy atom. The van der Waals surface area contributed by atoms with Crippen LogP contribution in [0.2, 0.25) is 0 Å². The molecule has 1 aliphatic rings. The van der Waals surface area contributed by atoms with E-state index in [-0.39, 0.29) is 17.6 Å². The highest BCUT2D eigenvalue weighted by Gasteiger charge is 2.33. The van der Waals surface area contributed by atoms with Crippen LogP contribution in [-0.2, 0) is 9.84 Å². The van der Waals surface area contributed by atoms with Gasteiger partial charge in [-0.25, -0.2) is 13.4 Å². The standard InChI is InChI=1S/C17H17N5O2S2/c23-26(24,15-2-1-7-25-15)10-11-3-4-12(8-11)17-21-20-14-9-19-16-13(22(14)17)5-6-18-16/h1-2,5-7,9,11-12,18H,3-4,8,10H2/t11-,12+/m0/s1. The summed E-state index contributed by atoms with van der Waals surface area (Å²) in [6.07, 6.45) is 6.21. The van der Waals surface area contributed by atoms with E-state index in [1.54, 1.807) is 18.3 Å². The van der Waals surface area contributed by atoms with Gasteiger partial charge in [-0.05, 0) is 42.7 Å². The molecule has 0 unspecified atom stereocenters. The predicted octanol–water partition coefficient (Wildman–Crippen LogP) is 3.02. The molecule has 4 heterocycles. The highest BCUT2D eigenvalue weighted by Crippen LogP contribution is 2.39. The molecule has 1 aliphatic carbocycles. The van der Waals surface area contributed by atoms with Crippen LogP contribution in [0.3, 0.4) is 0 Å². The molecule has 1 N–H and O–H groups in total. The zero-order valence-electron chi connectivity index (χ0n) is 13.9. The van der Waals surface area contributed by atoms with Crippen molar-refractivity contribution in [3.63, 3.8) is 0 Å². The van der Waals surface area contributed by atoms with Crippen molar-refractivity contribution < 1.29 is 8.42 Å². The summed E-state index contributed by atoms with van der Waals surface area (Å²) in [6.45, 7) is 0. The molecule has 2 atom stereocenters.